The van der Waals surface area contributed by atoms with Crippen molar-refractivity contribution in [3.05, 3.63) is 91.9 Å². The highest BCUT2D eigenvalue weighted by Gasteiger charge is 2.30. The van der Waals surface area contributed by atoms with E-state index in [0.717, 1.165) is 24.2 Å². The minimum absolute atomic E-state index is 0.117. The lowest BCUT2D eigenvalue weighted by Gasteiger charge is -2.19. The zero-order chi connectivity index (χ0) is 23.3. The lowest BCUT2D eigenvalue weighted by atomic mass is 10.2. The van der Waals surface area contributed by atoms with Gasteiger partial charge >= 0.3 is 5.69 Å². The van der Waals surface area contributed by atoms with Gasteiger partial charge in [0.2, 0.25) is 0 Å². The molecule has 33 heavy (non-hydrogen) atoms. The normalized spacial score (nSPS) is 13.3. The van der Waals surface area contributed by atoms with Crippen LogP contribution in [0.3, 0.4) is 0 Å². The number of hydrogen-bond acceptors (Lipinski definition) is 5. The SMILES string of the molecule is CN(C)c1ccc(Nc2cc(=O)n(C)c3c2c(=O)n(C2CC2)c(=O)n3-c2ccccc2)cc1. The molecule has 2 heterocycles. The molecule has 0 saturated heterocycles. The van der Waals surface area contributed by atoms with Crippen LogP contribution in [0.2, 0.25) is 0 Å². The maximum atomic E-state index is 13.6. The third-order valence-corrected chi connectivity index (χ3v) is 6.04. The number of nitrogens with one attached hydrogen (secondary N) is 1. The molecule has 1 fully saturated rings. The number of pyridine rings is 1. The highest BCUT2D eigenvalue weighted by atomic mass is 16.2. The molecule has 2 aromatic carbocycles. The minimum atomic E-state index is -0.427. The highest BCUT2D eigenvalue weighted by molar-refractivity contribution is 5.91. The number of aryl methyl sites for hydroxylation is 1. The Morgan fingerprint density at radius 2 is 1.61 bits per heavy atom. The summed E-state index contributed by atoms with van der Waals surface area (Å²) in [6.45, 7) is 0. The summed E-state index contributed by atoms with van der Waals surface area (Å²) >= 11 is 0. The highest BCUT2D eigenvalue weighted by Crippen LogP contribution is 2.33. The smallest absolute Gasteiger partial charge is 0.337 e. The van der Waals surface area contributed by atoms with Crippen LogP contribution in [0.25, 0.3) is 16.7 Å². The molecule has 2 aromatic heterocycles. The first-order valence-corrected chi connectivity index (χ1v) is 10.9. The van der Waals surface area contributed by atoms with Gasteiger partial charge in [-0.05, 0) is 49.2 Å². The summed E-state index contributed by atoms with van der Waals surface area (Å²) in [4.78, 5) is 42.0. The van der Waals surface area contributed by atoms with Crippen LogP contribution in [0.4, 0.5) is 17.1 Å². The second-order valence-electron chi connectivity index (χ2n) is 8.58. The number of benzene rings is 2. The van der Waals surface area contributed by atoms with Crippen LogP contribution in [0.1, 0.15) is 18.9 Å². The molecule has 8 nitrogen and oxygen atoms in total. The average molecular weight is 444 g/mol. The van der Waals surface area contributed by atoms with Gasteiger partial charge in [0.05, 0.1) is 11.4 Å². The molecular formula is C25H25N5O3. The van der Waals surface area contributed by atoms with Gasteiger partial charge in [0.25, 0.3) is 11.1 Å². The lowest BCUT2D eigenvalue weighted by molar-refractivity contribution is 0.637. The van der Waals surface area contributed by atoms with E-state index in [1.807, 2.05) is 61.5 Å². The van der Waals surface area contributed by atoms with Gasteiger partial charge in [-0.1, -0.05) is 18.2 Å². The summed E-state index contributed by atoms with van der Waals surface area (Å²) in [6, 6.07) is 18.1. The lowest BCUT2D eigenvalue weighted by Crippen LogP contribution is -2.41. The Morgan fingerprint density at radius 1 is 0.939 bits per heavy atom. The molecule has 0 unspecified atom stereocenters. The van der Waals surface area contributed by atoms with E-state index in [4.69, 9.17) is 0 Å². The third kappa shape index (κ3) is 3.53. The summed E-state index contributed by atoms with van der Waals surface area (Å²) in [5.41, 5.74) is 1.90. The molecule has 0 radical (unpaired) electrons. The number of aromatic nitrogens is 3. The van der Waals surface area contributed by atoms with Crippen LogP contribution in [0, 0.1) is 0 Å². The predicted molar refractivity (Wildman–Crippen MR) is 131 cm³/mol. The fourth-order valence-electron chi connectivity index (χ4n) is 4.12. The largest absolute Gasteiger partial charge is 0.378 e. The number of nitrogens with zero attached hydrogens (tertiary/aromatic N) is 4. The van der Waals surface area contributed by atoms with E-state index in [9.17, 15) is 14.4 Å². The fraction of sp³-hybridized carbons (Fsp3) is 0.240. The fourth-order valence-corrected chi connectivity index (χ4v) is 4.12. The number of para-hydroxylation sites is 1. The molecular weight excluding hydrogens is 418 g/mol. The van der Waals surface area contributed by atoms with Crippen molar-refractivity contribution in [3.8, 4) is 5.69 Å². The van der Waals surface area contributed by atoms with Gasteiger partial charge in [0.15, 0.2) is 0 Å². The summed E-state index contributed by atoms with van der Waals surface area (Å²) in [5.74, 6) is 0. The maximum absolute atomic E-state index is 13.6. The van der Waals surface area contributed by atoms with Crippen LogP contribution in [0.5, 0.6) is 0 Å². The second kappa shape index (κ2) is 7.81. The van der Waals surface area contributed by atoms with Crippen LogP contribution in [-0.2, 0) is 7.05 Å². The number of anilines is 3. The van der Waals surface area contributed by atoms with Crippen molar-refractivity contribution in [3.63, 3.8) is 0 Å². The summed E-state index contributed by atoms with van der Waals surface area (Å²) in [5, 5.41) is 3.56. The van der Waals surface area contributed by atoms with Crippen molar-refractivity contribution in [2.75, 3.05) is 24.3 Å². The predicted octanol–water partition coefficient (Wildman–Crippen LogP) is 3.00. The Balaban J connectivity index is 1.82. The Morgan fingerprint density at radius 3 is 2.21 bits per heavy atom. The Kier molecular flexibility index (Phi) is 4.92. The Labute approximate surface area is 189 Å². The molecule has 1 aliphatic rings. The van der Waals surface area contributed by atoms with Crippen molar-refractivity contribution in [1.29, 1.82) is 0 Å². The summed E-state index contributed by atoms with van der Waals surface area (Å²) < 4.78 is 4.17. The monoisotopic (exact) mass is 443 g/mol. The first-order valence-electron chi connectivity index (χ1n) is 10.9. The molecule has 168 valence electrons. The van der Waals surface area contributed by atoms with Crippen LogP contribution in [-0.4, -0.2) is 27.8 Å². The van der Waals surface area contributed by atoms with E-state index >= 15 is 0 Å². The quantitative estimate of drug-likeness (QED) is 0.513. The minimum Gasteiger partial charge on any atom is -0.378 e. The van der Waals surface area contributed by atoms with E-state index in [2.05, 4.69) is 5.32 Å². The molecule has 0 aliphatic heterocycles. The van der Waals surface area contributed by atoms with E-state index in [1.165, 1.54) is 19.8 Å². The van der Waals surface area contributed by atoms with E-state index in [1.54, 1.807) is 19.2 Å². The molecule has 1 aliphatic carbocycles. The third-order valence-electron chi connectivity index (χ3n) is 6.04. The first-order chi connectivity index (χ1) is 15.9. The van der Waals surface area contributed by atoms with Gasteiger partial charge < -0.3 is 10.2 Å². The zero-order valence-corrected chi connectivity index (χ0v) is 18.8. The maximum Gasteiger partial charge on any atom is 0.337 e. The Hall–Kier alpha value is -4.07. The summed E-state index contributed by atoms with van der Waals surface area (Å²) in [6.07, 6.45) is 1.58. The zero-order valence-electron chi connectivity index (χ0n) is 18.8. The molecule has 5 rings (SSSR count). The molecule has 0 amide bonds. The van der Waals surface area contributed by atoms with Crippen molar-refractivity contribution in [1.82, 2.24) is 13.7 Å². The summed E-state index contributed by atoms with van der Waals surface area (Å²) in [7, 11) is 5.50. The van der Waals surface area contributed by atoms with Crippen LogP contribution >= 0.6 is 0 Å². The van der Waals surface area contributed by atoms with Crippen molar-refractivity contribution < 1.29 is 0 Å². The van der Waals surface area contributed by atoms with Crippen LogP contribution in [0.15, 0.2) is 75.0 Å². The van der Waals surface area contributed by atoms with E-state index in [0.29, 0.717) is 16.8 Å². The van der Waals surface area contributed by atoms with Gasteiger partial charge in [-0.15, -0.1) is 0 Å². The first kappa shape index (κ1) is 20.8. The van der Waals surface area contributed by atoms with Gasteiger partial charge in [-0.2, -0.15) is 0 Å². The van der Waals surface area contributed by atoms with Gasteiger partial charge in [0, 0.05) is 44.6 Å². The molecule has 4 aromatic rings. The molecule has 0 atom stereocenters. The van der Waals surface area contributed by atoms with Crippen molar-refractivity contribution >= 4 is 28.1 Å². The molecule has 1 N–H and O–H groups in total. The van der Waals surface area contributed by atoms with Crippen LogP contribution < -0.4 is 27.0 Å². The van der Waals surface area contributed by atoms with Gasteiger partial charge in [-0.3, -0.25) is 18.7 Å². The van der Waals surface area contributed by atoms with Gasteiger partial charge in [0.1, 0.15) is 11.0 Å². The van der Waals surface area contributed by atoms with Crippen molar-refractivity contribution in [2.24, 2.45) is 7.05 Å². The van der Waals surface area contributed by atoms with E-state index < -0.39 is 5.69 Å². The topological polar surface area (TPSA) is 81.3 Å². The number of fused-ring (bicyclic) bond motifs is 1. The van der Waals surface area contributed by atoms with E-state index in [-0.39, 0.29) is 22.8 Å². The van der Waals surface area contributed by atoms with Gasteiger partial charge in [-0.25, -0.2) is 9.36 Å². The molecule has 0 bridgehead atoms. The molecule has 8 heteroatoms. The standard InChI is InChI=1S/C25H25N5O3/c1-27(2)17-11-9-16(10-12-17)26-20-15-21(31)28(3)23-22(20)24(32)30(19-13-14-19)25(33)29(23)18-7-5-4-6-8-18/h4-12,15,19,26H,13-14H2,1-3H3. The average Bonchev–Trinajstić information content (AvgIpc) is 3.63. The number of rotatable bonds is 5. The molecule has 0 spiro atoms. The Bertz CT molecular complexity index is 1530. The second-order valence-corrected chi connectivity index (χ2v) is 8.58. The molecule has 1 saturated carbocycles. The van der Waals surface area contributed by atoms with Crippen molar-refractivity contribution in [2.45, 2.75) is 18.9 Å². The number of hydrogen-bond donors (Lipinski definition) is 1.